The molecule has 2 fully saturated rings. The number of hydrogen-bond acceptors (Lipinski definition) is 4. The van der Waals surface area contributed by atoms with Crippen molar-refractivity contribution >= 4 is 17.2 Å². The van der Waals surface area contributed by atoms with Gasteiger partial charge in [-0.2, -0.15) is 0 Å². The summed E-state index contributed by atoms with van der Waals surface area (Å²) in [6.07, 6.45) is 5.09. The van der Waals surface area contributed by atoms with Gasteiger partial charge in [0.15, 0.2) is 0 Å². The lowest BCUT2D eigenvalue weighted by Gasteiger charge is -2.37. The molecule has 0 aliphatic carbocycles. The highest BCUT2D eigenvalue weighted by Crippen LogP contribution is 2.36. The van der Waals surface area contributed by atoms with E-state index >= 15 is 0 Å². The van der Waals surface area contributed by atoms with E-state index in [1.54, 1.807) is 11.3 Å². The number of thiazole rings is 1. The van der Waals surface area contributed by atoms with E-state index in [1.807, 2.05) is 0 Å². The first-order valence-electron chi connectivity index (χ1n) is 8.81. The summed E-state index contributed by atoms with van der Waals surface area (Å²) >= 11 is 1.72. The maximum atomic E-state index is 13.0. The van der Waals surface area contributed by atoms with Gasteiger partial charge in [0.25, 0.3) is 0 Å². The van der Waals surface area contributed by atoms with Crippen molar-refractivity contribution in [3.63, 3.8) is 0 Å². The molecule has 1 aromatic rings. The molecule has 5 heteroatoms. The number of hydrogen-bond donors (Lipinski definition) is 0. The van der Waals surface area contributed by atoms with Gasteiger partial charge >= 0.3 is 0 Å². The molecule has 2 saturated heterocycles. The predicted molar refractivity (Wildman–Crippen MR) is 92.7 cm³/mol. The average molecular weight is 337 g/mol. The van der Waals surface area contributed by atoms with Crippen molar-refractivity contribution in [3.05, 3.63) is 16.1 Å². The molecule has 3 heterocycles. The number of ether oxygens (including phenoxy) is 1. The fraction of sp³-hybridized carbons (Fsp3) is 0.778. The number of carbonyl (C=O) groups is 1. The fourth-order valence-electron chi connectivity index (χ4n) is 3.42. The van der Waals surface area contributed by atoms with Crippen LogP contribution in [0, 0.1) is 5.92 Å². The highest BCUT2D eigenvalue weighted by molar-refractivity contribution is 7.09. The summed E-state index contributed by atoms with van der Waals surface area (Å²) < 4.78 is 5.41. The van der Waals surface area contributed by atoms with Crippen LogP contribution in [0.3, 0.4) is 0 Å². The van der Waals surface area contributed by atoms with Crippen molar-refractivity contribution in [2.45, 2.75) is 64.3 Å². The molecule has 2 aliphatic heterocycles. The second-order valence-corrected chi connectivity index (χ2v) is 8.64. The Morgan fingerprint density at radius 2 is 2.00 bits per heavy atom. The Labute approximate surface area is 143 Å². The van der Waals surface area contributed by atoms with Crippen LogP contribution in [-0.4, -0.2) is 35.5 Å². The molecule has 128 valence electrons. The third-order valence-corrected chi connectivity index (χ3v) is 5.88. The summed E-state index contributed by atoms with van der Waals surface area (Å²) in [5.74, 6) is 0.469. The van der Waals surface area contributed by atoms with Gasteiger partial charge < -0.3 is 9.64 Å². The molecule has 1 amide bonds. The van der Waals surface area contributed by atoms with Gasteiger partial charge in [0.1, 0.15) is 5.01 Å². The van der Waals surface area contributed by atoms with Crippen molar-refractivity contribution in [3.8, 4) is 0 Å². The SMILES string of the molecule is CC(C)(C)c1csc([C@@H]2CCCCN2C(=O)C2CCOCC2)n1. The van der Waals surface area contributed by atoms with Gasteiger partial charge in [-0.15, -0.1) is 11.3 Å². The third kappa shape index (κ3) is 3.77. The van der Waals surface area contributed by atoms with Gasteiger partial charge in [-0.3, -0.25) is 4.79 Å². The molecule has 1 aromatic heterocycles. The van der Waals surface area contributed by atoms with Crippen molar-refractivity contribution in [2.75, 3.05) is 19.8 Å². The second-order valence-electron chi connectivity index (χ2n) is 7.75. The number of amides is 1. The zero-order valence-electron chi connectivity index (χ0n) is 14.5. The number of carbonyl (C=O) groups excluding carboxylic acids is 1. The average Bonchev–Trinajstić information content (AvgIpc) is 3.05. The zero-order chi connectivity index (χ0) is 16.4. The molecule has 2 aliphatic rings. The topological polar surface area (TPSA) is 42.4 Å². The lowest BCUT2D eigenvalue weighted by molar-refractivity contribution is -0.142. The summed E-state index contributed by atoms with van der Waals surface area (Å²) in [6.45, 7) is 8.90. The van der Waals surface area contributed by atoms with E-state index in [0.29, 0.717) is 5.91 Å². The molecule has 23 heavy (non-hydrogen) atoms. The van der Waals surface area contributed by atoms with Crippen LogP contribution in [0.25, 0.3) is 0 Å². The Morgan fingerprint density at radius 3 is 2.65 bits per heavy atom. The van der Waals surface area contributed by atoms with Crippen LogP contribution in [0.1, 0.15) is 69.6 Å². The van der Waals surface area contributed by atoms with Crippen molar-refractivity contribution < 1.29 is 9.53 Å². The van der Waals surface area contributed by atoms with Crippen LogP contribution in [-0.2, 0) is 14.9 Å². The summed E-state index contributed by atoms with van der Waals surface area (Å²) in [6, 6.07) is 0.181. The largest absolute Gasteiger partial charge is 0.381 e. The molecule has 0 aromatic carbocycles. The smallest absolute Gasteiger partial charge is 0.226 e. The van der Waals surface area contributed by atoms with E-state index in [4.69, 9.17) is 9.72 Å². The zero-order valence-corrected chi connectivity index (χ0v) is 15.3. The second kappa shape index (κ2) is 6.89. The normalized spacial score (nSPS) is 24.0. The number of piperidine rings is 1. The van der Waals surface area contributed by atoms with Gasteiger partial charge in [0, 0.05) is 36.5 Å². The monoisotopic (exact) mass is 336 g/mol. The summed E-state index contributed by atoms with van der Waals surface area (Å²) in [4.78, 5) is 20.0. The molecule has 4 nitrogen and oxygen atoms in total. The van der Waals surface area contributed by atoms with E-state index < -0.39 is 0 Å². The van der Waals surface area contributed by atoms with Crippen LogP contribution in [0.4, 0.5) is 0 Å². The Kier molecular flexibility index (Phi) is 5.07. The number of likely N-dealkylation sites (tertiary alicyclic amines) is 1. The Bertz CT molecular complexity index is 543. The summed E-state index contributed by atoms with van der Waals surface area (Å²) in [5.41, 5.74) is 1.21. The lowest BCUT2D eigenvalue weighted by Crippen LogP contribution is -2.43. The van der Waals surface area contributed by atoms with E-state index in [9.17, 15) is 4.79 Å². The number of rotatable bonds is 2. The minimum Gasteiger partial charge on any atom is -0.381 e. The standard InChI is InChI=1S/C18H28N2O2S/c1-18(2,3)15-12-23-16(19-15)14-6-4-5-9-20(14)17(21)13-7-10-22-11-8-13/h12-14H,4-11H2,1-3H3/t14-/m0/s1. The van der Waals surface area contributed by atoms with E-state index in [0.717, 1.165) is 56.1 Å². The fourth-order valence-corrected chi connectivity index (χ4v) is 4.61. The van der Waals surface area contributed by atoms with Gasteiger partial charge in [0.05, 0.1) is 11.7 Å². The Balaban J connectivity index is 1.78. The first-order valence-corrected chi connectivity index (χ1v) is 9.69. The van der Waals surface area contributed by atoms with Crippen LogP contribution < -0.4 is 0 Å². The first-order chi connectivity index (χ1) is 11.0. The van der Waals surface area contributed by atoms with E-state index in [2.05, 4.69) is 31.1 Å². The van der Waals surface area contributed by atoms with Gasteiger partial charge in [-0.1, -0.05) is 20.8 Å². The molecule has 0 N–H and O–H groups in total. The van der Waals surface area contributed by atoms with E-state index in [-0.39, 0.29) is 17.4 Å². The number of aromatic nitrogens is 1. The molecular formula is C18H28N2O2S. The number of nitrogens with zero attached hydrogens (tertiary/aromatic N) is 2. The maximum Gasteiger partial charge on any atom is 0.226 e. The lowest BCUT2D eigenvalue weighted by atomic mass is 9.93. The summed E-state index contributed by atoms with van der Waals surface area (Å²) in [5, 5.41) is 3.29. The Hall–Kier alpha value is -0.940. The van der Waals surface area contributed by atoms with Gasteiger partial charge in [0.2, 0.25) is 5.91 Å². The van der Waals surface area contributed by atoms with Crippen molar-refractivity contribution in [1.82, 2.24) is 9.88 Å². The highest BCUT2D eigenvalue weighted by Gasteiger charge is 2.35. The highest BCUT2D eigenvalue weighted by atomic mass is 32.1. The molecule has 0 saturated carbocycles. The van der Waals surface area contributed by atoms with Gasteiger partial charge in [-0.25, -0.2) is 4.98 Å². The molecule has 0 bridgehead atoms. The molecule has 3 rings (SSSR count). The van der Waals surface area contributed by atoms with Crippen molar-refractivity contribution in [2.24, 2.45) is 5.92 Å². The quantitative estimate of drug-likeness (QED) is 0.822. The predicted octanol–water partition coefficient (Wildman–Crippen LogP) is 3.92. The maximum absolute atomic E-state index is 13.0. The van der Waals surface area contributed by atoms with Gasteiger partial charge in [-0.05, 0) is 32.1 Å². The third-order valence-electron chi connectivity index (χ3n) is 4.93. The summed E-state index contributed by atoms with van der Waals surface area (Å²) in [7, 11) is 0. The molecule has 0 unspecified atom stereocenters. The molecule has 0 radical (unpaired) electrons. The minimum absolute atomic E-state index is 0.0684. The van der Waals surface area contributed by atoms with Crippen LogP contribution in [0.15, 0.2) is 5.38 Å². The van der Waals surface area contributed by atoms with Crippen LogP contribution >= 0.6 is 11.3 Å². The van der Waals surface area contributed by atoms with Crippen LogP contribution in [0.5, 0.6) is 0 Å². The molecule has 1 atom stereocenters. The Morgan fingerprint density at radius 1 is 1.26 bits per heavy atom. The molecule has 0 spiro atoms. The minimum atomic E-state index is 0.0684. The van der Waals surface area contributed by atoms with Crippen LogP contribution in [0.2, 0.25) is 0 Å². The van der Waals surface area contributed by atoms with E-state index in [1.165, 1.54) is 6.42 Å². The first kappa shape index (κ1) is 16.9. The molecular weight excluding hydrogens is 308 g/mol. The van der Waals surface area contributed by atoms with Crippen molar-refractivity contribution in [1.29, 1.82) is 0 Å².